The lowest BCUT2D eigenvalue weighted by molar-refractivity contribution is 0.330. The minimum Gasteiger partial charge on any atom is -0.494 e. The Labute approximate surface area is 115 Å². The molecule has 2 aromatic rings. The molecule has 0 bridgehead atoms. The third kappa shape index (κ3) is 2.64. The maximum atomic E-state index is 6.61. The first-order valence-electron chi connectivity index (χ1n) is 6.64. The minimum absolute atomic E-state index is 0.558. The average Bonchev–Trinajstić information content (AvgIpc) is 2.40. The van der Waals surface area contributed by atoms with Gasteiger partial charge in [-0.1, -0.05) is 42.5 Å². The van der Waals surface area contributed by atoms with Gasteiger partial charge in [0.2, 0.25) is 0 Å². The van der Waals surface area contributed by atoms with E-state index in [1.165, 1.54) is 5.56 Å². The van der Waals surface area contributed by atoms with Gasteiger partial charge in [0.05, 0.1) is 12.1 Å². The van der Waals surface area contributed by atoms with Crippen molar-refractivity contribution in [1.82, 2.24) is 0 Å². The van der Waals surface area contributed by atoms with Crippen LogP contribution in [-0.2, 0) is 5.54 Å². The number of rotatable bonds is 4. The van der Waals surface area contributed by atoms with Gasteiger partial charge in [-0.15, -0.1) is 0 Å². The predicted octanol–water partition coefficient (Wildman–Crippen LogP) is 3.62. The molecule has 0 aliphatic rings. The third-order valence-electron chi connectivity index (χ3n) is 3.45. The zero-order valence-electron chi connectivity index (χ0n) is 11.8. The molecule has 0 amide bonds. The predicted molar refractivity (Wildman–Crippen MR) is 79.4 cm³/mol. The van der Waals surface area contributed by atoms with Crippen LogP contribution in [0.2, 0.25) is 0 Å². The van der Waals surface area contributed by atoms with Gasteiger partial charge in [-0.05, 0) is 38.0 Å². The molecule has 100 valence electrons. The molecule has 1 atom stereocenters. The molecule has 19 heavy (non-hydrogen) atoms. The summed E-state index contributed by atoms with van der Waals surface area (Å²) in [5, 5.41) is 0. The number of nitrogens with two attached hydrogens (primary N) is 1. The first-order chi connectivity index (χ1) is 9.07. The van der Waals surface area contributed by atoms with Crippen molar-refractivity contribution < 1.29 is 4.74 Å². The number of aryl methyl sites for hydroxylation is 1. The zero-order valence-corrected chi connectivity index (χ0v) is 11.8. The molecule has 0 spiro atoms. The molecule has 0 saturated carbocycles. The van der Waals surface area contributed by atoms with Gasteiger partial charge in [-0.3, -0.25) is 0 Å². The first-order valence-corrected chi connectivity index (χ1v) is 6.64. The van der Waals surface area contributed by atoms with Crippen LogP contribution < -0.4 is 10.5 Å². The average molecular weight is 255 g/mol. The molecule has 2 heteroatoms. The summed E-state index contributed by atoms with van der Waals surface area (Å²) in [4.78, 5) is 0. The summed E-state index contributed by atoms with van der Waals surface area (Å²) in [6.45, 7) is 6.75. The first kappa shape index (κ1) is 13.6. The fraction of sp³-hybridized carbons (Fsp3) is 0.294. The highest BCUT2D eigenvalue weighted by molar-refractivity contribution is 5.47. The molecule has 2 nitrogen and oxygen atoms in total. The quantitative estimate of drug-likeness (QED) is 0.905. The lowest BCUT2D eigenvalue weighted by atomic mass is 9.83. The Hall–Kier alpha value is -1.80. The second kappa shape index (κ2) is 5.45. The van der Waals surface area contributed by atoms with Crippen molar-refractivity contribution in [2.75, 3.05) is 6.61 Å². The summed E-state index contributed by atoms with van der Waals surface area (Å²) >= 11 is 0. The van der Waals surface area contributed by atoms with Crippen LogP contribution in [0.3, 0.4) is 0 Å². The smallest absolute Gasteiger partial charge is 0.124 e. The Bertz CT molecular complexity index is 561. The summed E-state index contributed by atoms with van der Waals surface area (Å²) in [6.07, 6.45) is 0. The van der Waals surface area contributed by atoms with Gasteiger partial charge >= 0.3 is 0 Å². The number of para-hydroxylation sites is 1. The minimum atomic E-state index is -0.558. The molecule has 0 aliphatic heterocycles. The lowest BCUT2D eigenvalue weighted by Crippen LogP contribution is -2.35. The Kier molecular flexibility index (Phi) is 3.91. The highest BCUT2D eigenvalue weighted by atomic mass is 16.5. The van der Waals surface area contributed by atoms with Gasteiger partial charge in [-0.25, -0.2) is 0 Å². The lowest BCUT2D eigenvalue weighted by Gasteiger charge is -2.29. The fourth-order valence-electron chi connectivity index (χ4n) is 2.48. The van der Waals surface area contributed by atoms with Crippen molar-refractivity contribution in [3.63, 3.8) is 0 Å². The number of hydrogen-bond acceptors (Lipinski definition) is 2. The Balaban J connectivity index is 2.53. The fourth-order valence-corrected chi connectivity index (χ4v) is 2.48. The maximum Gasteiger partial charge on any atom is 0.124 e. The molecule has 0 saturated heterocycles. The van der Waals surface area contributed by atoms with E-state index in [9.17, 15) is 0 Å². The van der Waals surface area contributed by atoms with E-state index in [1.54, 1.807) is 0 Å². The van der Waals surface area contributed by atoms with Gasteiger partial charge < -0.3 is 10.5 Å². The maximum absolute atomic E-state index is 6.61. The molecular formula is C17H21NO. The van der Waals surface area contributed by atoms with E-state index < -0.39 is 5.54 Å². The number of benzene rings is 2. The van der Waals surface area contributed by atoms with Crippen LogP contribution in [0.1, 0.15) is 30.5 Å². The molecule has 0 heterocycles. The molecule has 0 radical (unpaired) electrons. The third-order valence-corrected chi connectivity index (χ3v) is 3.45. The molecule has 2 rings (SSSR count). The summed E-state index contributed by atoms with van der Waals surface area (Å²) in [5.74, 6) is 0.859. The van der Waals surface area contributed by atoms with E-state index >= 15 is 0 Å². The van der Waals surface area contributed by atoms with Gasteiger partial charge in [-0.2, -0.15) is 0 Å². The van der Waals surface area contributed by atoms with Crippen molar-refractivity contribution in [2.24, 2.45) is 5.73 Å². The van der Waals surface area contributed by atoms with Crippen molar-refractivity contribution in [3.05, 3.63) is 65.2 Å². The van der Waals surface area contributed by atoms with E-state index in [0.717, 1.165) is 16.9 Å². The van der Waals surface area contributed by atoms with Crippen LogP contribution in [0.4, 0.5) is 0 Å². The summed E-state index contributed by atoms with van der Waals surface area (Å²) in [7, 11) is 0. The molecule has 0 aromatic heterocycles. The van der Waals surface area contributed by atoms with Crippen molar-refractivity contribution in [2.45, 2.75) is 26.3 Å². The highest BCUT2D eigenvalue weighted by Gasteiger charge is 2.28. The highest BCUT2D eigenvalue weighted by Crippen LogP contribution is 2.34. The number of hydrogen-bond donors (Lipinski definition) is 1. The number of ether oxygens (including phenoxy) is 1. The molecule has 2 aromatic carbocycles. The Morgan fingerprint density at radius 3 is 2.21 bits per heavy atom. The second-order valence-corrected chi connectivity index (χ2v) is 4.95. The Morgan fingerprint density at radius 1 is 1.00 bits per heavy atom. The van der Waals surface area contributed by atoms with Crippen LogP contribution in [-0.4, -0.2) is 6.61 Å². The van der Waals surface area contributed by atoms with Crippen LogP contribution >= 0.6 is 0 Å². The Morgan fingerprint density at radius 2 is 1.58 bits per heavy atom. The van der Waals surface area contributed by atoms with E-state index in [0.29, 0.717) is 6.61 Å². The molecule has 0 fully saturated rings. The zero-order chi connectivity index (χ0) is 13.9. The summed E-state index contributed by atoms with van der Waals surface area (Å²) in [5.41, 5.74) is 9.39. The summed E-state index contributed by atoms with van der Waals surface area (Å²) in [6, 6.07) is 16.2. The van der Waals surface area contributed by atoms with Crippen LogP contribution in [0, 0.1) is 6.92 Å². The summed E-state index contributed by atoms with van der Waals surface area (Å²) < 4.78 is 5.70. The monoisotopic (exact) mass is 255 g/mol. The van der Waals surface area contributed by atoms with Crippen molar-refractivity contribution >= 4 is 0 Å². The van der Waals surface area contributed by atoms with Crippen molar-refractivity contribution in [3.8, 4) is 5.75 Å². The standard InChI is InChI=1S/C17H21NO/c1-4-19-16-12-8-7-11-15(16)17(3,18)14-10-6-5-9-13(14)2/h5-12H,4,18H2,1-3H3. The van der Waals surface area contributed by atoms with Gasteiger partial charge in [0.25, 0.3) is 0 Å². The van der Waals surface area contributed by atoms with Crippen molar-refractivity contribution in [1.29, 1.82) is 0 Å². The molecule has 0 aliphatic carbocycles. The second-order valence-electron chi connectivity index (χ2n) is 4.95. The van der Waals surface area contributed by atoms with Gasteiger partial charge in [0, 0.05) is 5.56 Å². The topological polar surface area (TPSA) is 35.2 Å². The van der Waals surface area contributed by atoms with Gasteiger partial charge in [0.15, 0.2) is 0 Å². The van der Waals surface area contributed by atoms with E-state index in [4.69, 9.17) is 10.5 Å². The molecule has 1 unspecified atom stereocenters. The van der Waals surface area contributed by atoms with E-state index in [1.807, 2.05) is 50.2 Å². The van der Waals surface area contributed by atoms with Crippen LogP contribution in [0.15, 0.2) is 48.5 Å². The molecular weight excluding hydrogens is 234 g/mol. The molecule has 2 N–H and O–H groups in total. The van der Waals surface area contributed by atoms with Crippen LogP contribution in [0.5, 0.6) is 5.75 Å². The van der Waals surface area contributed by atoms with Crippen LogP contribution in [0.25, 0.3) is 0 Å². The van der Waals surface area contributed by atoms with E-state index in [-0.39, 0.29) is 0 Å². The SMILES string of the molecule is CCOc1ccccc1C(C)(N)c1ccccc1C. The normalized spacial score (nSPS) is 13.9. The largest absolute Gasteiger partial charge is 0.494 e. The van der Waals surface area contributed by atoms with Gasteiger partial charge in [0.1, 0.15) is 5.75 Å². The van der Waals surface area contributed by atoms with E-state index in [2.05, 4.69) is 19.1 Å².